The lowest BCUT2D eigenvalue weighted by molar-refractivity contribution is -0.131. The Balaban J connectivity index is 1.55. The summed E-state index contributed by atoms with van der Waals surface area (Å²) in [6, 6.07) is 11.2. The van der Waals surface area contributed by atoms with Gasteiger partial charge in [0.25, 0.3) is 10.0 Å². The lowest BCUT2D eigenvalue weighted by Crippen LogP contribution is -2.46. The van der Waals surface area contributed by atoms with Crippen molar-refractivity contribution >= 4 is 27.5 Å². The van der Waals surface area contributed by atoms with Crippen molar-refractivity contribution in [3.63, 3.8) is 0 Å². The van der Waals surface area contributed by atoms with Crippen molar-refractivity contribution in [1.82, 2.24) is 10.2 Å². The molecule has 0 saturated carbocycles. The van der Waals surface area contributed by atoms with Gasteiger partial charge < -0.3 is 10.2 Å². The number of piperidine rings is 1. The molecule has 2 aromatic carbocycles. The molecular formula is C21H24FN3O4S. The average Bonchev–Trinajstić information content (AvgIpc) is 2.69. The molecule has 2 amide bonds. The smallest absolute Gasteiger partial charge is 0.261 e. The molecule has 3 rings (SSSR count). The van der Waals surface area contributed by atoms with Gasteiger partial charge in [-0.15, -0.1) is 0 Å². The van der Waals surface area contributed by atoms with E-state index in [2.05, 4.69) is 10.0 Å². The van der Waals surface area contributed by atoms with Crippen LogP contribution in [-0.2, 0) is 26.0 Å². The van der Waals surface area contributed by atoms with E-state index in [1.54, 1.807) is 29.2 Å². The molecule has 0 aliphatic carbocycles. The maximum absolute atomic E-state index is 13.0. The average molecular weight is 434 g/mol. The maximum atomic E-state index is 13.0. The quantitative estimate of drug-likeness (QED) is 0.731. The van der Waals surface area contributed by atoms with Crippen molar-refractivity contribution in [3.8, 4) is 0 Å². The summed E-state index contributed by atoms with van der Waals surface area (Å²) in [6.45, 7) is 2.68. The van der Waals surface area contributed by atoms with Crippen molar-refractivity contribution < 1.29 is 22.4 Å². The number of amides is 2. The van der Waals surface area contributed by atoms with Gasteiger partial charge in [0.05, 0.1) is 11.3 Å². The molecule has 1 fully saturated rings. The summed E-state index contributed by atoms with van der Waals surface area (Å²) < 4.78 is 40.1. The largest absolute Gasteiger partial charge is 0.353 e. The summed E-state index contributed by atoms with van der Waals surface area (Å²) in [5, 5.41) is 2.88. The first-order valence-electron chi connectivity index (χ1n) is 9.65. The van der Waals surface area contributed by atoms with E-state index in [-0.39, 0.29) is 29.2 Å². The van der Waals surface area contributed by atoms with Crippen LogP contribution in [0.4, 0.5) is 10.1 Å². The van der Waals surface area contributed by atoms with E-state index in [4.69, 9.17) is 0 Å². The molecule has 0 radical (unpaired) electrons. The second-order valence-corrected chi connectivity index (χ2v) is 8.97. The van der Waals surface area contributed by atoms with Crippen LogP contribution in [0.2, 0.25) is 0 Å². The van der Waals surface area contributed by atoms with E-state index in [9.17, 15) is 22.4 Å². The zero-order valence-corrected chi connectivity index (χ0v) is 17.4. The van der Waals surface area contributed by atoms with Crippen molar-refractivity contribution in [2.75, 3.05) is 17.8 Å². The van der Waals surface area contributed by atoms with Crippen molar-refractivity contribution in [3.05, 3.63) is 59.9 Å². The molecule has 1 aliphatic rings. The van der Waals surface area contributed by atoms with Crippen LogP contribution in [0.3, 0.4) is 0 Å². The van der Waals surface area contributed by atoms with Crippen LogP contribution in [0.1, 0.15) is 25.3 Å². The topological polar surface area (TPSA) is 95.6 Å². The molecule has 0 aromatic heterocycles. The summed E-state index contributed by atoms with van der Waals surface area (Å²) >= 11 is 0. The predicted molar refractivity (Wildman–Crippen MR) is 111 cm³/mol. The van der Waals surface area contributed by atoms with Crippen LogP contribution < -0.4 is 10.0 Å². The van der Waals surface area contributed by atoms with Gasteiger partial charge in [-0.25, -0.2) is 12.8 Å². The van der Waals surface area contributed by atoms with Crippen LogP contribution in [0.25, 0.3) is 0 Å². The van der Waals surface area contributed by atoms with Crippen LogP contribution >= 0.6 is 0 Å². The highest BCUT2D eigenvalue weighted by Gasteiger charge is 2.23. The highest BCUT2D eigenvalue weighted by atomic mass is 32.2. The molecule has 1 aliphatic heterocycles. The molecule has 0 bridgehead atoms. The Kier molecular flexibility index (Phi) is 6.71. The number of carbonyl (C=O) groups excluding carboxylic acids is 2. The van der Waals surface area contributed by atoms with E-state index in [0.717, 1.165) is 30.5 Å². The Labute approximate surface area is 175 Å². The van der Waals surface area contributed by atoms with Crippen LogP contribution in [0, 0.1) is 5.82 Å². The van der Waals surface area contributed by atoms with E-state index in [0.29, 0.717) is 18.8 Å². The standard InChI is InChI=1S/C21H24FN3O4S/c1-15(26)23-18-10-12-25(13-11-18)21(27)14-16-2-6-19(7-3-16)24-30(28,29)20-8-4-17(22)5-9-20/h2-9,18,24H,10-14H2,1H3,(H,23,26). The van der Waals surface area contributed by atoms with E-state index >= 15 is 0 Å². The number of halogens is 1. The fourth-order valence-corrected chi connectivity index (χ4v) is 4.42. The number of rotatable bonds is 6. The lowest BCUT2D eigenvalue weighted by atomic mass is 10.0. The van der Waals surface area contributed by atoms with Gasteiger partial charge in [-0.3, -0.25) is 14.3 Å². The third-order valence-electron chi connectivity index (χ3n) is 4.94. The summed E-state index contributed by atoms with van der Waals surface area (Å²) in [7, 11) is -3.82. The van der Waals surface area contributed by atoms with E-state index in [1.165, 1.54) is 19.1 Å². The SMILES string of the molecule is CC(=O)NC1CCN(C(=O)Cc2ccc(NS(=O)(=O)c3ccc(F)cc3)cc2)CC1. The number of sulfonamides is 1. The van der Waals surface area contributed by atoms with Gasteiger partial charge in [-0.1, -0.05) is 12.1 Å². The molecule has 7 nitrogen and oxygen atoms in total. The maximum Gasteiger partial charge on any atom is 0.261 e. The molecule has 2 N–H and O–H groups in total. The molecule has 2 aromatic rings. The minimum atomic E-state index is -3.82. The highest BCUT2D eigenvalue weighted by molar-refractivity contribution is 7.92. The highest BCUT2D eigenvalue weighted by Crippen LogP contribution is 2.18. The molecule has 0 unspecified atom stereocenters. The van der Waals surface area contributed by atoms with Crippen LogP contribution in [0.5, 0.6) is 0 Å². The van der Waals surface area contributed by atoms with Gasteiger partial charge in [0.15, 0.2) is 0 Å². The number of benzene rings is 2. The number of likely N-dealkylation sites (tertiary alicyclic amines) is 1. The Hall–Kier alpha value is -2.94. The Morgan fingerprint density at radius 2 is 1.63 bits per heavy atom. The van der Waals surface area contributed by atoms with Crippen molar-refractivity contribution in [1.29, 1.82) is 0 Å². The molecular weight excluding hydrogens is 409 g/mol. The van der Waals surface area contributed by atoms with Gasteiger partial charge in [0.2, 0.25) is 11.8 Å². The third kappa shape index (κ3) is 5.79. The van der Waals surface area contributed by atoms with Crippen molar-refractivity contribution in [2.24, 2.45) is 0 Å². The van der Waals surface area contributed by atoms with Gasteiger partial charge in [-0.05, 0) is 54.8 Å². The zero-order chi connectivity index (χ0) is 21.7. The van der Waals surface area contributed by atoms with Gasteiger partial charge in [0.1, 0.15) is 5.82 Å². The number of nitrogens with zero attached hydrogens (tertiary/aromatic N) is 1. The molecule has 9 heteroatoms. The fraction of sp³-hybridized carbons (Fsp3) is 0.333. The predicted octanol–water partition coefficient (Wildman–Crippen LogP) is 2.30. The monoisotopic (exact) mass is 433 g/mol. The normalized spacial score (nSPS) is 14.9. The molecule has 0 spiro atoms. The first kappa shape index (κ1) is 21.8. The first-order valence-corrected chi connectivity index (χ1v) is 11.1. The van der Waals surface area contributed by atoms with Gasteiger partial charge in [0, 0.05) is 31.7 Å². The number of carbonyl (C=O) groups is 2. The first-order chi connectivity index (χ1) is 14.2. The van der Waals surface area contributed by atoms with Crippen LogP contribution in [-0.4, -0.2) is 44.3 Å². The number of anilines is 1. The molecule has 0 atom stereocenters. The number of nitrogens with one attached hydrogen (secondary N) is 2. The fourth-order valence-electron chi connectivity index (χ4n) is 3.37. The zero-order valence-electron chi connectivity index (χ0n) is 16.6. The van der Waals surface area contributed by atoms with E-state index < -0.39 is 15.8 Å². The minimum absolute atomic E-state index is 0.00378. The summed E-state index contributed by atoms with van der Waals surface area (Å²) in [6.07, 6.45) is 1.68. The number of hydrogen-bond acceptors (Lipinski definition) is 4. The van der Waals surface area contributed by atoms with E-state index in [1.807, 2.05) is 0 Å². The Morgan fingerprint density at radius 1 is 1.03 bits per heavy atom. The lowest BCUT2D eigenvalue weighted by Gasteiger charge is -2.32. The second-order valence-electron chi connectivity index (χ2n) is 7.29. The summed E-state index contributed by atoms with van der Waals surface area (Å²) in [4.78, 5) is 25.4. The summed E-state index contributed by atoms with van der Waals surface area (Å²) in [5.41, 5.74) is 1.13. The molecule has 160 valence electrons. The summed E-state index contributed by atoms with van der Waals surface area (Å²) in [5.74, 6) is -0.576. The molecule has 1 saturated heterocycles. The Morgan fingerprint density at radius 3 is 2.20 bits per heavy atom. The van der Waals surface area contributed by atoms with Gasteiger partial charge in [-0.2, -0.15) is 0 Å². The molecule has 1 heterocycles. The second kappa shape index (κ2) is 9.25. The van der Waals surface area contributed by atoms with Gasteiger partial charge >= 0.3 is 0 Å². The Bertz CT molecular complexity index is 1000. The minimum Gasteiger partial charge on any atom is -0.353 e. The third-order valence-corrected chi connectivity index (χ3v) is 6.34. The van der Waals surface area contributed by atoms with Crippen molar-refractivity contribution in [2.45, 2.75) is 37.1 Å². The van der Waals surface area contributed by atoms with Crippen LogP contribution in [0.15, 0.2) is 53.4 Å². The number of hydrogen-bond donors (Lipinski definition) is 2. The molecule has 30 heavy (non-hydrogen) atoms.